The fourth-order valence-corrected chi connectivity index (χ4v) is 2.49. The summed E-state index contributed by atoms with van der Waals surface area (Å²) in [5, 5.41) is 0. The van der Waals surface area contributed by atoms with Crippen molar-refractivity contribution in [2.24, 2.45) is 0 Å². The molecule has 92 valence electrons. The third-order valence-corrected chi connectivity index (χ3v) is 3.41. The van der Waals surface area contributed by atoms with E-state index in [0.717, 1.165) is 12.8 Å². The van der Waals surface area contributed by atoms with Gasteiger partial charge in [0.2, 0.25) is 0 Å². The summed E-state index contributed by atoms with van der Waals surface area (Å²) < 4.78 is 17.4. The van der Waals surface area contributed by atoms with E-state index in [-0.39, 0.29) is 24.4 Å². The summed E-state index contributed by atoms with van der Waals surface area (Å²) in [5.41, 5.74) is 0. The van der Waals surface area contributed by atoms with Gasteiger partial charge in [0.25, 0.3) is 0 Å². The molecule has 0 unspecified atom stereocenters. The van der Waals surface area contributed by atoms with Gasteiger partial charge in [0.05, 0.1) is 25.4 Å². The van der Waals surface area contributed by atoms with Gasteiger partial charge in [-0.3, -0.25) is 0 Å². The third-order valence-electron chi connectivity index (χ3n) is 3.41. The van der Waals surface area contributed by atoms with Crippen LogP contribution in [0.3, 0.4) is 0 Å². The Bertz CT molecular complexity index is 345. The maximum Gasteiger partial charge on any atom is 0.103 e. The first-order chi connectivity index (χ1) is 8.43. The first kappa shape index (κ1) is 11.2. The average molecular weight is 234 g/mol. The van der Waals surface area contributed by atoms with Crippen LogP contribution in [0.25, 0.3) is 0 Å². The van der Waals surface area contributed by atoms with Crippen LogP contribution >= 0.6 is 0 Å². The number of ether oxygens (including phenoxy) is 3. The minimum atomic E-state index is 0.0660. The van der Waals surface area contributed by atoms with Crippen LogP contribution in [0.4, 0.5) is 0 Å². The van der Waals surface area contributed by atoms with E-state index in [2.05, 4.69) is 36.5 Å². The van der Waals surface area contributed by atoms with Crippen LogP contribution in [0.2, 0.25) is 0 Å². The van der Waals surface area contributed by atoms with Crippen molar-refractivity contribution in [3.05, 3.63) is 36.5 Å². The Morgan fingerprint density at radius 2 is 1.53 bits per heavy atom. The summed E-state index contributed by atoms with van der Waals surface area (Å²) in [7, 11) is 0. The first-order valence-corrected chi connectivity index (χ1v) is 6.30. The zero-order chi connectivity index (χ0) is 11.5. The molecule has 0 aliphatic carbocycles. The van der Waals surface area contributed by atoms with E-state index in [1.54, 1.807) is 0 Å². The molecule has 3 aliphatic rings. The maximum absolute atomic E-state index is 6.09. The highest BCUT2D eigenvalue weighted by molar-refractivity contribution is 5.08. The van der Waals surface area contributed by atoms with Crippen molar-refractivity contribution in [3.63, 3.8) is 0 Å². The van der Waals surface area contributed by atoms with Gasteiger partial charge in [0.1, 0.15) is 12.2 Å². The Hall–Kier alpha value is -0.900. The zero-order valence-electron chi connectivity index (χ0n) is 9.83. The summed E-state index contributed by atoms with van der Waals surface area (Å²) in [6.45, 7) is 1.41. The van der Waals surface area contributed by atoms with Crippen molar-refractivity contribution in [2.75, 3.05) is 13.2 Å². The summed E-state index contributed by atoms with van der Waals surface area (Å²) in [6, 6.07) is 0. The Balaban J connectivity index is 1.62. The molecule has 0 aromatic carbocycles. The Morgan fingerprint density at radius 3 is 2.29 bits per heavy atom. The van der Waals surface area contributed by atoms with E-state index < -0.39 is 0 Å². The molecule has 0 aromatic heterocycles. The normalized spacial score (nSPS) is 40.9. The van der Waals surface area contributed by atoms with Crippen molar-refractivity contribution in [1.82, 2.24) is 0 Å². The Kier molecular flexibility index (Phi) is 3.41. The van der Waals surface area contributed by atoms with Crippen LogP contribution < -0.4 is 0 Å². The minimum absolute atomic E-state index is 0.0660. The first-order valence-electron chi connectivity index (χ1n) is 6.30. The van der Waals surface area contributed by atoms with E-state index in [9.17, 15) is 0 Å². The number of hydrogen-bond donors (Lipinski definition) is 0. The monoisotopic (exact) mass is 234 g/mol. The van der Waals surface area contributed by atoms with Gasteiger partial charge in [-0.15, -0.1) is 0 Å². The molecular weight excluding hydrogens is 216 g/mol. The second-order valence-corrected chi connectivity index (χ2v) is 4.61. The molecule has 0 fully saturated rings. The predicted octanol–water partition coefficient (Wildman–Crippen LogP) is 2.00. The van der Waals surface area contributed by atoms with Gasteiger partial charge in [-0.2, -0.15) is 0 Å². The van der Waals surface area contributed by atoms with Crippen molar-refractivity contribution in [2.45, 2.75) is 37.3 Å². The van der Waals surface area contributed by atoms with E-state index in [0.29, 0.717) is 13.2 Å². The third kappa shape index (κ3) is 2.51. The Morgan fingerprint density at radius 1 is 0.706 bits per heavy atom. The fourth-order valence-electron chi connectivity index (χ4n) is 2.49. The molecule has 0 N–H and O–H groups in total. The SMILES string of the molecule is C1=CC[C@@H]([C@H]2C=CC[C@@H]([C@H]3C=CCO3)O2)OC1. The molecular formula is C14H18O3. The second kappa shape index (κ2) is 5.17. The van der Waals surface area contributed by atoms with Crippen molar-refractivity contribution >= 4 is 0 Å². The van der Waals surface area contributed by atoms with Gasteiger partial charge in [-0.25, -0.2) is 0 Å². The molecule has 0 radical (unpaired) electrons. The topological polar surface area (TPSA) is 27.7 Å². The zero-order valence-corrected chi connectivity index (χ0v) is 9.83. The molecule has 3 heterocycles. The summed E-state index contributed by atoms with van der Waals surface area (Å²) in [6.07, 6.45) is 15.0. The number of hydrogen-bond acceptors (Lipinski definition) is 3. The van der Waals surface area contributed by atoms with Crippen LogP contribution in [0.15, 0.2) is 36.5 Å². The molecule has 3 nitrogen and oxygen atoms in total. The van der Waals surface area contributed by atoms with E-state index in [1.807, 2.05) is 0 Å². The molecule has 0 spiro atoms. The van der Waals surface area contributed by atoms with Gasteiger partial charge >= 0.3 is 0 Å². The van der Waals surface area contributed by atoms with Crippen molar-refractivity contribution in [3.8, 4) is 0 Å². The summed E-state index contributed by atoms with van der Waals surface area (Å²) >= 11 is 0. The predicted molar refractivity (Wildman–Crippen MR) is 64.8 cm³/mol. The molecule has 3 heteroatoms. The highest BCUT2D eigenvalue weighted by atomic mass is 16.6. The number of rotatable bonds is 2. The maximum atomic E-state index is 6.09. The molecule has 0 aromatic rings. The molecule has 0 saturated heterocycles. The lowest BCUT2D eigenvalue weighted by atomic mass is 10.0. The molecule has 17 heavy (non-hydrogen) atoms. The van der Waals surface area contributed by atoms with Crippen LogP contribution in [0.1, 0.15) is 12.8 Å². The fraction of sp³-hybridized carbons (Fsp3) is 0.571. The second-order valence-electron chi connectivity index (χ2n) is 4.61. The van der Waals surface area contributed by atoms with Crippen LogP contribution in [-0.4, -0.2) is 37.6 Å². The van der Waals surface area contributed by atoms with Gasteiger partial charge in [0.15, 0.2) is 0 Å². The van der Waals surface area contributed by atoms with Gasteiger partial charge in [-0.1, -0.05) is 36.5 Å². The van der Waals surface area contributed by atoms with Gasteiger partial charge < -0.3 is 14.2 Å². The standard InChI is InChI=1S/C14H18O3/c1-2-9-15-11(5-1)13-6-3-7-14(17-13)12-8-4-10-16-12/h1-4,6,8,11-14H,5,7,9-10H2/t11-,12+,13+,14-/m0/s1. The van der Waals surface area contributed by atoms with Crippen LogP contribution in [-0.2, 0) is 14.2 Å². The van der Waals surface area contributed by atoms with Crippen LogP contribution in [0.5, 0.6) is 0 Å². The summed E-state index contributed by atoms with van der Waals surface area (Å²) in [5.74, 6) is 0. The lowest BCUT2D eigenvalue weighted by Gasteiger charge is -2.34. The smallest absolute Gasteiger partial charge is 0.103 e. The molecule has 0 amide bonds. The van der Waals surface area contributed by atoms with Crippen molar-refractivity contribution in [1.29, 1.82) is 0 Å². The lowest BCUT2D eigenvalue weighted by Crippen LogP contribution is -2.40. The van der Waals surface area contributed by atoms with Gasteiger partial charge in [0, 0.05) is 0 Å². The lowest BCUT2D eigenvalue weighted by molar-refractivity contribution is -0.113. The average Bonchev–Trinajstić information content (AvgIpc) is 2.94. The minimum Gasteiger partial charge on any atom is -0.371 e. The highest BCUT2D eigenvalue weighted by Crippen LogP contribution is 2.25. The molecule has 3 rings (SSSR count). The largest absolute Gasteiger partial charge is 0.371 e. The Labute approximate surface area is 102 Å². The molecule has 0 saturated carbocycles. The molecule has 3 aliphatic heterocycles. The van der Waals surface area contributed by atoms with Crippen molar-refractivity contribution < 1.29 is 14.2 Å². The quantitative estimate of drug-likeness (QED) is 0.684. The van der Waals surface area contributed by atoms with Gasteiger partial charge in [-0.05, 0) is 12.8 Å². The summed E-state index contributed by atoms with van der Waals surface area (Å²) in [4.78, 5) is 0. The van der Waals surface area contributed by atoms with E-state index in [1.165, 1.54) is 0 Å². The van der Waals surface area contributed by atoms with Crippen LogP contribution in [0, 0.1) is 0 Å². The van der Waals surface area contributed by atoms with E-state index >= 15 is 0 Å². The van der Waals surface area contributed by atoms with E-state index in [4.69, 9.17) is 14.2 Å². The highest BCUT2D eigenvalue weighted by Gasteiger charge is 2.31. The molecule has 4 atom stereocenters. The molecule has 0 bridgehead atoms.